The van der Waals surface area contributed by atoms with Crippen LogP contribution in [0.4, 0.5) is 0 Å². The van der Waals surface area contributed by atoms with E-state index in [4.69, 9.17) is 4.74 Å². The van der Waals surface area contributed by atoms with Gasteiger partial charge in [0, 0.05) is 12.6 Å². The van der Waals surface area contributed by atoms with Crippen molar-refractivity contribution in [2.75, 3.05) is 13.2 Å². The third-order valence-electron chi connectivity index (χ3n) is 4.74. The molecule has 3 fully saturated rings. The molecule has 3 rings (SSSR count). The van der Waals surface area contributed by atoms with Crippen molar-refractivity contribution in [3.05, 3.63) is 0 Å². The molecule has 0 radical (unpaired) electrons. The summed E-state index contributed by atoms with van der Waals surface area (Å²) in [7, 11) is 0. The fourth-order valence-electron chi connectivity index (χ4n) is 3.72. The Labute approximate surface area is 92.8 Å². The molecular weight excluding hydrogens is 186 g/mol. The van der Waals surface area contributed by atoms with Crippen molar-refractivity contribution in [2.24, 2.45) is 5.92 Å². The van der Waals surface area contributed by atoms with Crippen molar-refractivity contribution in [1.82, 2.24) is 5.32 Å². The minimum Gasteiger partial charge on any atom is -0.372 e. The number of morpholine rings is 1. The van der Waals surface area contributed by atoms with Crippen molar-refractivity contribution < 1.29 is 4.74 Å². The van der Waals surface area contributed by atoms with Crippen LogP contribution in [0.1, 0.15) is 51.4 Å². The van der Waals surface area contributed by atoms with E-state index in [1.807, 2.05) is 0 Å². The molecule has 15 heavy (non-hydrogen) atoms. The molecule has 0 aromatic heterocycles. The maximum Gasteiger partial charge on any atom is 0.0838 e. The Bertz CT molecular complexity index is 210. The van der Waals surface area contributed by atoms with Crippen LogP contribution in [0.5, 0.6) is 0 Å². The Morgan fingerprint density at radius 1 is 1.00 bits per heavy atom. The molecule has 1 unspecified atom stereocenters. The first kappa shape index (κ1) is 10.1. The summed E-state index contributed by atoms with van der Waals surface area (Å²) in [6, 6.07) is 0.681. The molecule has 1 spiro atoms. The molecule has 0 amide bonds. The number of nitrogens with one attached hydrogen (secondary N) is 1. The monoisotopic (exact) mass is 209 g/mol. The highest BCUT2D eigenvalue weighted by molar-refractivity contribution is 5.02. The Hall–Kier alpha value is -0.0800. The van der Waals surface area contributed by atoms with E-state index < -0.39 is 0 Å². The van der Waals surface area contributed by atoms with Crippen molar-refractivity contribution >= 4 is 0 Å². The summed E-state index contributed by atoms with van der Waals surface area (Å²) in [5.41, 5.74) is 0.238. The van der Waals surface area contributed by atoms with E-state index in [-0.39, 0.29) is 5.60 Å². The smallest absolute Gasteiger partial charge is 0.0838 e. The van der Waals surface area contributed by atoms with Crippen LogP contribution in [0.2, 0.25) is 0 Å². The molecule has 0 bridgehead atoms. The van der Waals surface area contributed by atoms with Crippen molar-refractivity contribution in [1.29, 1.82) is 0 Å². The van der Waals surface area contributed by atoms with Crippen LogP contribution in [0.25, 0.3) is 0 Å². The van der Waals surface area contributed by atoms with Gasteiger partial charge in [0.2, 0.25) is 0 Å². The van der Waals surface area contributed by atoms with Crippen LogP contribution in [0.3, 0.4) is 0 Å². The second kappa shape index (κ2) is 4.06. The summed E-state index contributed by atoms with van der Waals surface area (Å²) >= 11 is 0. The van der Waals surface area contributed by atoms with Gasteiger partial charge in [0.15, 0.2) is 0 Å². The highest BCUT2D eigenvalue weighted by Crippen LogP contribution is 2.43. The van der Waals surface area contributed by atoms with Crippen LogP contribution in [0, 0.1) is 5.92 Å². The predicted octanol–water partition coefficient (Wildman–Crippen LogP) is 2.48. The fourth-order valence-corrected chi connectivity index (χ4v) is 3.72. The molecule has 2 heteroatoms. The molecule has 3 aliphatic rings. The minimum atomic E-state index is 0.238. The first-order valence-electron chi connectivity index (χ1n) is 6.78. The lowest BCUT2D eigenvalue weighted by Crippen LogP contribution is -2.62. The quantitative estimate of drug-likeness (QED) is 0.716. The zero-order chi connectivity index (χ0) is 10.1. The van der Waals surface area contributed by atoms with Crippen LogP contribution in [-0.2, 0) is 4.74 Å². The molecule has 2 nitrogen and oxygen atoms in total. The standard InChI is InChI=1S/C13H23NO/c1-2-7-13(8-3-1)12(11-5-4-6-11)14-9-10-15-13/h11-12,14H,1-10H2. The molecule has 1 N–H and O–H groups in total. The van der Waals surface area contributed by atoms with E-state index in [1.165, 1.54) is 51.4 Å². The highest BCUT2D eigenvalue weighted by atomic mass is 16.5. The summed E-state index contributed by atoms with van der Waals surface area (Å²) in [6.07, 6.45) is 11.1. The van der Waals surface area contributed by atoms with Gasteiger partial charge >= 0.3 is 0 Å². The lowest BCUT2D eigenvalue weighted by molar-refractivity contribution is -0.137. The van der Waals surface area contributed by atoms with Gasteiger partial charge in [-0.15, -0.1) is 0 Å². The maximum atomic E-state index is 6.21. The molecule has 1 atom stereocenters. The summed E-state index contributed by atoms with van der Waals surface area (Å²) in [4.78, 5) is 0. The maximum absolute atomic E-state index is 6.21. The highest BCUT2D eigenvalue weighted by Gasteiger charge is 2.47. The lowest BCUT2D eigenvalue weighted by atomic mass is 9.68. The Balaban J connectivity index is 1.75. The van der Waals surface area contributed by atoms with Gasteiger partial charge in [-0.2, -0.15) is 0 Å². The third-order valence-corrected chi connectivity index (χ3v) is 4.74. The zero-order valence-corrected chi connectivity index (χ0v) is 9.63. The lowest BCUT2D eigenvalue weighted by Gasteiger charge is -2.52. The molecule has 2 aliphatic carbocycles. The molecule has 1 aliphatic heterocycles. The van der Waals surface area contributed by atoms with Crippen LogP contribution in [0.15, 0.2) is 0 Å². The van der Waals surface area contributed by atoms with Crippen LogP contribution in [-0.4, -0.2) is 24.8 Å². The molecule has 1 saturated heterocycles. The Morgan fingerprint density at radius 3 is 2.47 bits per heavy atom. The fraction of sp³-hybridized carbons (Fsp3) is 1.00. The second-order valence-corrected chi connectivity index (χ2v) is 5.60. The molecule has 0 aromatic carbocycles. The average molecular weight is 209 g/mol. The normalized spacial score (nSPS) is 36.4. The zero-order valence-electron chi connectivity index (χ0n) is 9.63. The van der Waals surface area contributed by atoms with Gasteiger partial charge in [0.05, 0.1) is 12.2 Å². The van der Waals surface area contributed by atoms with Gasteiger partial charge in [0.25, 0.3) is 0 Å². The predicted molar refractivity (Wildman–Crippen MR) is 60.9 cm³/mol. The van der Waals surface area contributed by atoms with E-state index in [0.717, 1.165) is 19.1 Å². The first-order chi connectivity index (χ1) is 7.41. The second-order valence-electron chi connectivity index (χ2n) is 5.60. The molecule has 86 valence electrons. The van der Waals surface area contributed by atoms with Gasteiger partial charge in [0.1, 0.15) is 0 Å². The topological polar surface area (TPSA) is 21.3 Å². The van der Waals surface area contributed by atoms with Crippen molar-refractivity contribution in [3.8, 4) is 0 Å². The number of ether oxygens (including phenoxy) is 1. The third kappa shape index (κ3) is 1.72. The summed E-state index contributed by atoms with van der Waals surface area (Å²) in [6.45, 7) is 2.01. The van der Waals surface area contributed by atoms with E-state index >= 15 is 0 Å². The Kier molecular flexibility index (Phi) is 2.73. The van der Waals surface area contributed by atoms with Crippen molar-refractivity contribution in [2.45, 2.75) is 63.0 Å². The van der Waals surface area contributed by atoms with E-state index in [9.17, 15) is 0 Å². The van der Waals surface area contributed by atoms with Gasteiger partial charge in [-0.25, -0.2) is 0 Å². The number of hydrogen-bond donors (Lipinski definition) is 1. The Morgan fingerprint density at radius 2 is 1.80 bits per heavy atom. The van der Waals surface area contributed by atoms with Gasteiger partial charge in [-0.3, -0.25) is 0 Å². The molecule has 0 aromatic rings. The summed E-state index contributed by atoms with van der Waals surface area (Å²) in [5.74, 6) is 0.920. The average Bonchev–Trinajstić information content (AvgIpc) is 2.20. The number of hydrogen-bond acceptors (Lipinski definition) is 2. The van der Waals surface area contributed by atoms with E-state index in [1.54, 1.807) is 0 Å². The van der Waals surface area contributed by atoms with Gasteiger partial charge in [-0.05, 0) is 31.6 Å². The van der Waals surface area contributed by atoms with Crippen LogP contribution < -0.4 is 5.32 Å². The first-order valence-corrected chi connectivity index (χ1v) is 6.78. The van der Waals surface area contributed by atoms with Crippen LogP contribution >= 0.6 is 0 Å². The molecule has 2 saturated carbocycles. The molecular formula is C13H23NO. The number of rotatable bonds is 1. The van der Waals surface area contributed by atoms with Gasteiger partial charge in [-0.1, -0.05) is 25.7 Å². The van der Waals surface area contributed by atoms with Crippen molar-refractivity contribution in [3.63, 3.8) is 0 Å². The van der Waals surface area contributed by atoms with E-state index in [0.29, 0.717) is 6.04 Å². The summed E-state index contributed by atoms with van der Waals surface area (Å²) < 4.78 is 6.21. The van der Waals surface area contributed by atoms with E-state index in [2.05, 4.69) is 5.32 Å². The largest absolute Gasteiger partial charge is 0.372 e. The minimum absolute atomic E-state index is 0.238. The van der Waals surface area contributed by atoms with Gasteiger partial charge < -0.3 is 10.1 Å². The summed E-state index contributed by atoms with van der Waals surface area (Å²) in [5, 5.41) is 3.76. The molecule has 1 heterocycles. The SMILES string of the molecule is C1CCC2(CC1)OCCNC2C1CCC1.